The molecular weight excluding hydrogens is 448 g/mol. The van der Waals surface area contributed by atoms with E-state index in [0.717, 1.165) is 16.6 Å². The lowest BCUT2D eigenvalue weighted by Crippen LogP contribution is -2.26. The van der Waals surface area contributed by atoms with Gasteiger partial charge in [0.2, 0.25) is 0 Å². The highest BCUT2D eigenvalue weighted by Crippen LogP contribution is 2.30. The number of aryl methyl sites for hydroxylation is 3. The zero-order valence-corrected chi connectivity index (χ0v) is 19.3. The highest BCUT2D eigenvalue weighted by atomic mass is 35.5. The van der Waals surface area contributed by atoms with Crippen molar-refractivity contribution in [2.24, 2.45) is 0 Å². The first-order valence-electron chi connectivity index (χ1n) is 11.2. The van der Waals surface area contributed by atoms with Crippen molar-refractivity contribution in [3.63, 3.8) is 0 Å². The highest BCUT2D eigenvalue weighted by molar-refractivity contribution is 6.30. The van der Waals surface area contributed by atoms with Crippen LogP contribution in [0, 0.1) is 6.92 Å². The molecule has 5 aromatic rings. The maximum absolute atomic E-state index is 13.7. The van der Waals surface area contributed by atoms with Crippen molar-refractivity contribution < 1.29 is 4.74 Å². The Bertz CT molecular complexity index is 1700. The van der Waals surface area contributed by atoms with Crippen LogP contribution in [0.25, 0.3) is 21.9 Å². The van der Waals surface area contributed by atoms with Crippen LogP contribution in [0.15, 0.2) is 82.4 Å². The second-order valence-electron chi connectivity index (χ2n) is 8.64. The molecular formula is C28H21ClN2O3. The van der Waals surface area contributed by atoms with Gasteiger partial charge >= 0.3 is 0 Å². The van der Waals surface area contributed by atoms with Crippen LogP contribution < -0.4 is 15.7 Å². The first-order valence-corrected chi connectivity index (χ1v) is 11.6. The third-order valence-electron chi connectivity index (χ3n) is 6.62. The van der Waals surface area contributed by atoms with E-state index in [2.05, 4.69) is 4.57 Å². The summed E-state index contributed by atoms with van der Waals surface area (Å²) in [5.74, 6) is 1.28. The Balaban J connectivity index is 1.55. The Morgan fingerprint density at radius 2 is 1.59 bits per heavy atom. The molecule has 0 bridgehead atoms. The van der Waals surface area contributed by atoms with E-state index in [1.807, 2.05) is 55.5 Å². The largest absolute Gasteiger partial charge is 0.457 e. The summed E-state index contributed by atoms with van der Waals surface area (Å²) in [5, 5.41) is 1.88. The van der Waals surface area contributed by atoms with Gasteiger partial charge in [-0.05, 0) is 54.4 Å². The average molecular weight is 469 g/mol. The van der Waals surface area contributed by atoms with Gasteiger partial charge in [-0.15, -0.1) is 0 Å². The zero-order chi connectivity index (χ0) is 23.4. The number of fused-ring (bicyclic) bond motifs is 2. The van der Waals surface area contributed by atoms with Gasteiger partial charge in [-0.25, -0.2) is 0 Å². The molecule has 0 N–H and O–H groups in total. The monoisotopic (exact) mass is 468 g/mol. The number of pyridine rings is 2. The summed E-state index contributed by atoms with van der Waals surface area (Å²) < 4.78 is 9.83. The summed E-state index contributed by atoms with van der Waals surface area (Å²) in [6.07, 6.45) is 0.507. The van der Waals surface area contributed by atoms with Gasteiger partial charge in [0, 0.05) is 41.5 Å². The standard InChI is InChI=1S/C28H21ClN2O3/c1-17-23(15-18-5-3-2-4-6-18)28(33)31-14-13-30-24-16-21(34-20-9-7-19(29)8-10-20)11-12-22(24)26(32)25(17)27(30)31/h2-12,16H,13-15H2,1H3. The Morgan fingerprint density at radius 3 is 2.35 bits per heavy atom. The Hall–Kier alpha value is -3.83. The van der Waals surface area contributed by atoms with Crippen molar-refractivity contribution in [1.29, 1.82) is 0 Å². The van der Waals surface area contributed by atoms with Gasteiger partial charge in [-0.3, -0.25) is 14.2 Å². The molecule has 168 valence electrons. The highest BCUT2D eigenvalue weighted by Gasteiger charge is 2.25. The van der Waals surface area contributed by atoms with E-state index in [1.54, 1.807) is 28.8 Å². The van der Waals surface area contributed by atoms with Crippen molar-refractivity contribution in [3.8, 4) is 11.5 Å². The van der Waals surface area contributed by atoms with Crippen molar-refractivity contribution in [3.05, 3.63) is 115 Å². The van der Waals surface area contributed by atoms with Crippen molar-refractivity contribution in [2.75, 3.05) is 0 Å². The van der Waals surface area contributed by atoms with Crippen LogP contribution in [0.4, 0.5) is 0 Å². The summed E-state index contributed by atoms with van der Waals surface area (Å²) in [6.45, 7) is 3.06. The molecule has 0 radical (unpaired) electrons. The molecule has 1 aliphatic rings. The van der Waals surface area contributed by atoms with Crippen LogP contribution in [0.3, 0.4) is 0 Å². The molecule has 6 heteroatoms. The molecule has 0 amide bonds. The molecule has 0 saturated carbocycles. The second-order valence-corrected chi connectivity index (χ2v) is 9.07. The smallest absolute Gasteiger partial charge is 0.256 e. The minimum absolute atomic E-state index is 0.0209. The summed E-state index contributed by atoms with van der Waals surface area (Å²) in [7, 11) is 0. The molecule has 1 aliphatic heterocycles. The minimum atomic E-state index is -0.0539. The third-order valence-corrected chi connectivity index (χ3v) is 6.87. The van der Waals surface area contributed by atoms with Gasteiger partial charge in [-0.1, -0.05) is 41.9 Å². The molecule has 2 aromatic heterocycles. The van der Waals surface area contributed by atoms with E-state index >= 15 is 0 Å². The van der Waals surface area contributed by atoms with Gasteiger partial charge in [0.15, 0.2) is 5.43 Å². The molecule has 3 heterocycles. The lowest BCUT2D eigenvalue weighted by Gasteiger charge is -2.15. The van der Waals surface area contributed by atoms with Gasteiger partial charge in [0.05, 0.1) is 10.9 Å². The van der Waals surface area contributed by atoms with Crippen molar-refractivity contribution in [1.82, 2.24) is 9.13 Å². The Labute approximate surface area is 200 Å². The number of ether oxygens (including phenoxy) is 1. The first kappa shape index (κ1) is 20.8. The SMILES string of the molecule is Cc1c(Cc2ccccc2)c(=O)n2c3c1c(=O)c1ccc(Oc4ccc(Cl)cc4)cc1n3CC2. The first-order chi connectivity index (χ1) is 16.5. The average Bonchev–Trinajstić information content (AvgIpc) is 3.29. The Morgan fingerprint density at radius 1 is 0.882 bits per heavy atom. The maximum Gasteiger partial charge on any atom is 0.256 e. The molecule has 0 saturated heterocycles. The number of rotatable bonds is 4. The van der Waals surface area contributed by atoms with E-state index in [4.69, 9.17) is 16.3 Å². The molecule has 34 heavy (non-hydrogen) atoms. The topological polar surface area (TPSA) is 53.2 Å². The number of benzene rings is 3. The van der Waals surface area contributed by atoms with E-state index in [0.29, 0.717) is 58.0 Å². The van der Waals surface area contributed by atoms with Gasteiger partial charge in [0.1, 0.15) is 17.1 Å². The summed E-state index contributed by atoms with van der Waals surface area (Å²) >= 11 is 5.97. The minimum Gasteiger partial charge on any atom is -0.457 e. The van der Waals surface area contributed by atoms with Gasteiger partial charge in [-0.2, -0.15) is 0 Å². The Kier molecular flexibility index (Phi) is 4.82. The second kappa shape index (κ2) is 7.89. The fourth-order valence-electron chi connectivity index (χ4n) is 4.95. The van der Waals surface area contributed by atoms with E-state index in [9.17, 15) is 9.59 Å². The van der Waals surface area contributed by atoms with Crippen LogP contribution in [0.1, 0.15) is 16.7 Å². The summed E-state index contributed by atoms with van der Waals surface area (Å²) in [4.78, 5) is 27.1. The van der Waals surface area contributed by atoms with Gasteiger partial charge < -0.3 is 9.30 Å². The number of nitrogens with zero attached hydrogens (tertiary/aromatic N) is 2. The molecule has 6 rings (SSSR count). The molecule has 0 spiro atoms. The molecule has 0 aliphatic carbocycles. The number of hydrogen-bond donors (Lipinski definition) is 0. The fraction of sp³-hybridized carbons (Fsp3) is 0.143. The fourth-order valence-corrected chi connectivity index (χ4v) is 5.07. The lowest BCUT2D eigenvalue weighted by atomic mass is 9.98. The van der Waals surface area contributed by atoms with E-state index in [1.165, 1.54) is 0 Å². The molecule has 0 unspecified atom stereocenters. The van der Waals surface area contributed by atoms with Crippen LogP contribution >= 0.6 is 11.6 Å². The number of halogens is 1. The lowest BCUT2D eigenvalue weighted by molar-refractivity contribution is 0.483. The zero-order valence-electron chi connectivity index (χ0n) is 18.5. The quantitative estimate of drug-likeness (QED) is 0.319. The van der Waals surface area contributed by atoms with Crippen LogP contribution in [0.5, 0.6) is 11.5 Å². The van der Waals surface area contributed by atoms with E-state index < -0.39 is 0 Å². The molecule has 5 nitrogen and oxygen atoms in total. The predicted molar refractivity (Wildman–Crippen MR) is 135 cm³/mol. The van der Waals surface area contributed by atoms with Crippen LogP contribution in [-0.2, 0) is 19.5 Å². The van der Waals surface area contributed by atoms with Gasteiger partial charge in [0.25, 0.3) is 5.56 Å². The summed E-state index contributed by atoms with van der Waals surface area (Å²) in [6, 6.07) is 22.5. The van der Waals surface area contributed by atoms with Crippen molar-refractivity contribution in [2.45, 2.75) is 26.4 Å². The number of aromatic nitrogens is 2. The molecule has 0 atom stereocenters. The third kappa shape index (κ3) is 3.24. The van der Waals surface area contributed by atoms with Crippen molar-refractivity contribution >= 4 is 33.5 Å². The molecule has 0 fully saturated rings. The van der Waals surface area contributed by atoms with E-state index in [-0.39, 0.29) is 11.0 Å². The predicted octanol–water partition coefficient (Wildman–Crippen LogP) is 5.67. The normalized spacial score (nSPS) is 12.5. The molecule has 3 aromatic carbocycles. The van der Waals surface area contributed by atoms with Crippen LogP contribution in [-0.4, -0.2) is 9.13 Å². The summed E-state index contributed by atoms with van der Waals surface area (Å²) in [5.41, 5.74) is 3.90. The van der Waals surface area contributed by atoms with Crippen LogP contribution in [0.2, 0.25) is 5.02 Å². The number of hydrogen-bond acceptors (Lipinski definition) is 3. The maximum atomic E-state index is 13.7.